The van der Waals surface area contributed by atoms with Crippen LogP contribution in [0, 0.1) is 5.82 Å². The van der Waals surface area contributed by atoms with E-state index in [2.05, 4.69) is 10.2 Å². The van der Waals surface area contributed by atoms with Gasteiger partial charge in [-0.25, -0.2) is 4.39 Å². The maximum Gasteiger partial charge on any atom is 0.301 e. The van der Waals surface area contributed by atoms with Crippen LogP contribution in [0.2, 0.25) is 0 Å². The molecule has 1 saturated heterocycles. The number of nitrogens with zero attached hydrogens (tertiary/aromatic N) is 3. The molecule has 3 heterocycles. The third-order valence-corrected chi connectivity index (χ3v) is 8.91. The van der Waals surface area contributed by atoms with Crippen molar-refractivity contribution in [1.29, 1.82) is 0 Å². The van der Waals surface area contributed by atoms with Crippen molar-refractivity contribution in [3.63, 3.8) is 0 Å². The smallest absolute Gasteiger partial charge is 0.301 e. The fourth-order valence-corrected chi connectivity index (χ4v) is 6.59. The van der Waals surface area contributed by atoms with Gasteiger partial charge >= 0.3 is 5.91 Å². The molecule has 4 aromatic rings. The number of halogens is 1. The van der Waals surface area contributed by atoms with Crippen molar-refractivity contribution < 1.29 is 33.3 Å². The maximum absolute atomic E-state index is 13.6. The highest BCUT2D eigenvalue weighted by atomic mass is 32.2. The van der Waals surface area contributed by atoms with Crippen LogP contribution >= 0.6 is 23.1 Å². The van der Waals surface area contributed by atoms with Crippen LogP contribution in [-0.4, -0.2) is 46.8 Å². The lowest BCUT2D eigenvalue weighted by Gasteiger charge is -2.23. The van der Waals surface area contributed by atoms with Gasteiger partial charge in [-0.15, -0.1) is 10.2 Å². The molecule has 1 fully saturated rings. The molecule has 1 aromatic heterocycles. The number of carbonyl (C=O) groups excluding carboxylic acids is 2. The number of aromatic nitrogens is 2. The summed E-state index contributed by atoms with van der Waals surface area (Å²) in [4.78, 5) is 28.5. The minimum atomic E-state index is -0.999. The lowest BCUT2D eigenvalue weighted by atomic mass is 9.95. The van der Waals surface area contributed by atoms with Crippen LogP contribution in [0.25, 0.3) is 5.76 Å². The molecular formula is C31H26FN3O6S2. The first-order chi connectivity index (χ1) is 20.9. The van der Waals surface area contributed by atoms with Crippen molar-refractivity contribution in [2.75, 3.05) is 24.7 Å². The van der Waals surface area contributed by atoms with Crippen molar-refractivity contribution >= 4 is 45.7 Å². The Morgan fingerprint density at radius 1 is 1.07 bits per heavy atom. The highest BCUT2D eigenvalue weighted by Gasteiger charge is 2.48. The van der Waals surface area contributed by atoms with E-state index in [1.165, 1.54) is 28.8 Å². The molecule has 43 heavy (non-hydrogen) atoms. The topological polar surface area (TPSA) is 111 Å². The van der Waals surface area contributed by atoms with E-state index >= 15 is 0 Å². The second-order valence-electron chi connectivity index (χ2n) is 9.71. The molecule has 6 rings (SSSR count). The Labute approximate surface area is 254 Å². The summed E-state index contributed by atoms with van der Waals surface area (Å²) in [5, 5.41) is 20.2. The van der Waals surface area contributed by atoms with Gasteiger partial charge < -0.3 is 19.3 Å². The number of aliphatic hydroxyl groups excluding tert-OH is 1. The van der Waals surface area contributed by atoms with Crippen LogP contribution in [0.5, 0.6) is 17.2 Å². The van der Waals surface area contributed by atoms with E-state index in [-0.39, 0.29) is 22.3 Å². The van der Waals surface area contributed by atoms with Crippen molar-refractivity contribution in [2.45, 2.75) is 29.5 Å². The summed E-state index contributed by atoms with van der Waals surface area (Å²) in [7, 11) is 0. The second kappa shape index (κ2) is 12.4. The predicted octanol–water partition coefficient (Wildman–Crippen LogP) is 6.16. The lowest BCUT2D eigenvalue weighted by Crippen LogP contribution is -2.29. The molecule has 1 atom stereocenters. The SMILES string of the molecule is CCCOc1cccc(C2C(=C(O)c3ccc4c(c3)OCCO4)C(=O)C(=O)N2c2nnc(SCc3ccc(F)cc3)s2)c1. The highest BCUT2D eigenvalue weighted by Crippen LogP contribution is 2.45. The summed E-state index contributed by atoms with van der Waals surface area (Å²) < 4.78 is 30.9. The third-order valence-electron chi connectivity index (χ3n) is 6.78. The van der Waals surface area contributed by atoms with E-state index in [9.17, 15) is 19.1 Å². The average molecular weight is 620 g/mol. The predicted molar refractivity (Wildman–Crippen MR) is 160 cm³/mol. The van der Waals surface area contributed by atoms with Gasteiger partial charge in [0.2, 0.25) is 5.13 Å². The van der Waals surface area contributed by atoms with Gasteiger partial charge in [0.1, 0.15) is 30.5 Å². The number of ether oxygens (including phenoxy) is 3. The number of hydrogen-bond acceptors (Lipinski definition) is 10. The monoisotopic (exact) mass is 619 g/mol. The minimum absolute atomic E-state index is 0.0926. The first-order valence-electron chi connectivity index (χ1n) is 13.6. The normalized spacial score (nSPS) is 17.3. The number of fused-ring (bicyclic) bond motifs is 1. The summed E-state index contributed by atoms with van der Waals surface area (Å²) in [6.07, 6.45) is 0.802. The van der Waals surface area contributed by atoms with Gasteiger partial charge in [-0.3, -0.25) is 14.5 Å². The quantitative estimate of drug-likeness (QED) is 0.0775. The van der Waals surface area contributed by atoms with Crippen LogP contribution in [0.1, 0.15) is 36.1 Å². The van der Waals surface area contributed by atoms with Crippen LogP contribution in [0.3, 0.4) is 0 Å². The van der Waals surface area contributed by atoms with Gasteiger partial charge in [-0.2, -0.15) is 0 Å². The van der Waals surface area contributed by atoms with Crippen LogP contribution in [-0.2, 0) is 15.3 Å². The second-order valence-corrected chi connectivity index (χ2v) is 11.9. The molecule has 2 aliphatic rings. The molecule has 3 aromatic carbocycles. The zero-order valence-corrected chi connectivity index (χ0v) is 24.6. The maximum atomic E-state index is 13.6. The Hall–Kier alpha value is -4.42. The van der Waals surface area contributed by atoms with E-state index in [0.29, 0.717) is 58.3 Å². The molecule has 9 nitrogen and oxygen atoms in total. The van der Waals surface area contributed by atoms with Crippen LogP contribution < -0.4 is 19.1 Å². The molecule has 1 unspecified atom stereocenters. The molecule has 0 saturated carbocycles. The van der Waals surface area contributed by atoms with E-state index in [4.69, 9.17) is 14.2 Å². The third kappa shape index (κ3) is 5.93. The molecule has 0 radical (unpaired) electrons. The van der Waals surface area contributed by atoms with Gasteiger partial charge in [-0.1, -0.05) is 54.3 Å². The summed E-state index contributed by atoms with van der Waals surface area (Å²) in [6.45, 7) is 3.25. The molecule has 220 valence electrons. The number of rotatable bonds is 9. The molecule has 0 aliphatic carbocycles. The number of benzene rings is 3. The van der Waals surface area contributed by atoms with Gasteiger partial charge in [0, 0.05) is 11.3 Å². The van der Waals surface area contributed by atoms with Gasteiger partial charge in [0.15, 0.2) is 15.8 Å². The Kier molecular flexibility index (Phi) is 8.30. The Balaban J connectivity index is 1.39. The first kappa shape index (κ1) is 28.7. The van der Waals surface area contributed by atoms with E-state index in [1.54, 1.807) is 54.6 Å². The Bertz CT molecular complexity index is 1710. The van der Waals surface area contributed by atoms with Gasteiger partial charge in [0.05, 0.1) is 18.2 Å². The standard InChI is InChI=1S/C31H26FN3O6S2/c1-2-12-39-22-5-3-4-19(15-22)26-25(27(36)20-8-11-23-24(16-20)41-14-13-40-23)28(37)29(38)35(26)30-33-34-31(43-30)42-17-18-6-9-21(32)10-7-18/h3-11,15-16,26,36H,2,12-14,17H2,1H3. The minimum Gasteiger partial charge on any atom is -0.507 e. The summed E-state index contributed by atoms with van der Waals surface area (Å²) in [5.74, 6) is -0.317. The van der Waals surface area contributed by atoms with E-state index in [0.717, 1.165) is 23.3 Å². The van der Waals surface area contributed by atoms with Crippen LogP contribution in [0.15, 0.2) is 76.6 Å². The van der Waals surface area contributed by atoms with E-state index in [1.807, 2.05) is 6.92 Å². The largest absolute Gasteiger partial charge is 0.507 e. The number of carbonyl (C=O) groups is 2. The number of ketones is 1. The Morgan fingerprint density at radius 2 is 1.86 bits per heavy atom. The van der Waals surface area contributed by atoms with E-state index < -0.39 is 17.7 Å². The fraction of sp³-hybridized carbons (Fsp3) is 0.226. The molecule has 1 N–H and O–H groups in total. The first-order valence-corrected chi connectivity index (χ1v) is 15.4. The summed E-state index contributed by atoms with van der Waals surface area (Å²) in [6, 6.07) is 17.1. The zero-order valence-electron chi connectivity index (χ0n) is 23.0. The number of aliphatic hydroxyl groups is 1. The number of amides is 1. The zero-order chi connectivity index (χ0) is 29.9. The molecule has 12 heteroatoms. The molecule has 0 spiro atoms. The Morgan fingerprint density at radius 3 is 2.65 bits per heavy atom. The summed E-state index contributed by atoms with van der Waals surface area (Å²) in [5.41, 5.74) is 1.66. The lowest BCUT2D eigenvalue weighted by molar-refractivity contribution is -0.132. The van der Waals surface area contributed by atoms with Crippen LogP contribution in [0.4, 0.5) is 9.52 Å². The van der Waals surface area contributed by atoms with Crippen molar-refractivity contribution in [1.82, 2.24) is 10.2 Å². The molecule has 2 aliphatic heterocycles. The van der Waals surface area contributed by atoms with Gasteiger partial charge in [0.25, 0.3) is 5.78 Å². The molecule has 0 bridgehead atoms. The number of hydrogen-bond donors (Lipinski definition) is 1. The fourth-order valence-electron chi connectivity index (χ4n) is 4.77. The van der Waals surface area contributed by atoms with Crippen molar-refractivity contribution in [3.8, 4) is 17.2 Å². The number of Topliss-reactive ketones (excluding diaryl/α,β-unsaturated/α-hetero) is 1. The highest BCUT2D eigenvalue weighted by molar-refractivity contribution is 8.00. The number of anilines is 1. The van der Waals surface area contributed by atoms with Crippen molar-refractivity contribution in [2.24, 2.45) is 0 Å². The average Bonchev–Trinajstić information content (AvgIpc) is 3.61. The number of thioether (sulfide) groups is 1. The molecular weight excluding hydrogens is 593 g/mol. The van der Waals surface area contributed by atoms with Gasteiger partial charge in [-0.05, 0) is 60.0 Å². The molecule has 1 amide bonds. The summed E-state index contributed by atoms with van der Waals surface area (Å²) >= 11 is 2.53. The van der Waals surface area contributed by atoms with Crippen molar-refractivity contribution in [3.05, 3.63) is 94.8 Å².